The Hall–Kier alpha value is -3.32. The van der Waals surface area contributed by atoms with Crippen LogP contribution in [0.4, 0.5) is 13.2 Å². The molecule has 1 spiro atoms. The lowest BCUT2D eigenvalue weighted by molar-refractivity contribution is -0.274. The highest BCUT2D eigenvalue weighted by Crippen LogP contribution is 2.42. The third kappa shape index (κ3) is 8.40. The highest BCUT2D eigenvalue weighted by molar-refractivity contribution is 6.36. The maximum atomic E-state index is 12.9. The number of nitrogens with two attached hydrogens (primary N) is 1. The molecule has 3 aromatic carbocycles. The summed E-state index contributed by atoms with van der Waals surface area (Å²) in [6.07, 6.45) is 1.48. The average Bonchev–Trinajstić information content (AvgIpc) is 3.45. The number of piperidine rings is 2. The van der Waals surface area contributed by atoms with Crippen molar-refractivity contribution in [1.82, 2.24) is 25.0 Å². The van der Waals surface area contributed by atoms with Gasteiger partial charge in [0.1, 0.15) is 5.75 Å². The standard InChI is InChI=1S/C39H45Cl2F3N6O2/c40-33-3-1-4-34(41)32(33)23-49-25-37(26-49)13-19-48(20-14-37)22-27-5-10-35-30(21-27)31(28-6-8-29(9-7-28)52-39(42,43)44)24-50(35)18-2-15-47-36(51)38(45)11-16-46-17-12-38/h1,3-10,21,24,46H,2,11-20,22-23,25-26,45H2,(H,47,51). The van der Waals surface area contributed by atoms with Gasteiger partial charge < -0.3 is 25.7 Å². The largest absolute Gasteiger partial charge is 0.573 e. The van der Waals surface area contributed by atoms with Crippen LogP contribution in [-0.2, 0) is 24.4 Å². The number of alkyl halides is 3. The lowest BCUT2D eigenvalue weighted by atomic mass is 9.72. The zero-order valence-corrected chi connectivity index (χ0v) is 30.6. The number of fused-ring (bicyclic) bond motifs is 1. The minimum atomic E-state index is -4.75. The molecule has 3 saturated heterocycles. The van der Waals surface area contributed by atoms with Gasteiger partial charge in [0, 0.05) is 77.5 Å². The van der Waals surface area contributed by atoms with Crippen LogP contribution in [-0.4, -0.2) is 78.0 Å². The molecular weight excluding hydrogens is 712 g/mol. The smallest absolute Gasteiger partial charge is 0.406 e. The number of rotatable bonds is 11. The Kier molecular flexibility index (Phi) is 10.8. The normalized spacial score (nSPS) is 19.1. The predicted octanol–water partition coefficient (Wildman–Crippen LogP) is 7.20. The average molecular weight is 758 g/mol. The van der Waals surface area contributed by atoms with Crippen LogP contribution in [0.1, 0.15) is 43.2 Å². The quantitative estimate of drug-likeness (QED) is 0.141. The van der Waals surface area contributed by atoms with Crippen LogP contribution in [0.2, 0.25) is 10.0 Å². The van der Waals surface area contributed by atoms with E-state index >= 15 is 0 Å². The van der Waals surface area contributed by atoms with E-state index in [9.17, 15) is 18.0 Å². The van der Waals surface area contributed by atoms with Crippen LogP contribution in [0.3, 0.4) is 0 Å². The van der Waals surface area contributed by atoms with Gasteiger partial charge in [-0.05, 0) is 111 Å². The number of aryl methyl sites for hydroxylation is 1. The molecule has 7 rings (SSSR count). The number of nitrogens with one attached hydrogen (secondary N) is 2. The summed E-state index contributed by atoms with van der Waals surface area (Å²) in [5.41, 5.74) is 10.8. The molecule has 0 bridgehead atoms. The van der Waals surface area contributed by atoms with E-state index in [0.29, 0.717) is 47.8 Å². The Morgan fingerprint density at radius 3 is 2.29 bits per heavy atom. The first-order valence-electron chi connectivity index (χ1n) is 18.0. The number of hydrogen-bond donors (Lipinski definition) is 3. The van der Waals surface area contributed by atoms with Crippen molar-refractivity contribution in [2.24, 2.45) is 11.1 Å². The van der Waals surface area contributed by atoms with Gasteiger partial charge in [0.15, 0.2) is 0 Å². The van der Waals surface area contributed by atoms with E-state index in [4.69, 9.17) is 28.9 Å². The summed E-state index contributed by atoms with van der Waals surface area (Å²) in [7, 11) is 0. The van der Waals surface area contributed by atoms with E-state index in [1.54, 1.807) is 12.1 Å². The number of benzene rings is 3. The van der Waals surface area contributed by atoms with E-state index < -0.39 is 11.9 Å². The van der Waals surface area contributed by atoms with Crippen LogP contribution in [0, 0.1) is 5.41 Å². The number of nitrogens with zero attached hydrogens (tertiary/aromatic N) is 3. The molecule has 52 heavy (non-hydrogen) atoms. The molecule has 0 radical (unpaired) electrons. The summed E-state index contributed by atoms with van der Waals surface area (Å²) in [5.74, 6) is -0.369. The fraction of sp³-hybridized carbons (Fsp3) is 0.462. The maximum absolute atomic E-state index is 12.9. The van der Waals surface area contributed by atoms with Crippen molar-refractivity contribution in [3.63, 3.8) is 0 Å². The summed E-state index contributed by atoms with van der Waals surface area (Å²) in [6, 6.07) is 18.2. The van der Waals surface area contributed by atoms with Crippen LogP contribution in [0.25, 0.3) is 22.0 Å². The molecule has 1 amide bonds. The highest BCUT2D eigenvalue weighted by Gasteiger charge is 2.44. The zero-order chi connectivity index (χ0) is 36.5. The monoisotopic (exact) mass is 756 g/mol. The second-order valence-corrected chi connectivity index (χ2v) is 15.6. The van der Waals surface area contributed by atoms with E-state index in [1.807, 2.05) is 18.2 Å². The molecule has 13 heteroatoms. The number of carbonyl (C=O) groups is 1. The van der Waals surface area contributed by atoms with Gasteiger partial charge in [-0.3, -0.25) is 14.6 Å². The molecule has 8 nitrogen and oxygen atoms in total. The Balaban J connectivity index is 1.01. The van der Waals surface area contributed by atoms with Crippen LogP contribution in [0.5, 0.6) is 5.75 Å². The molecule has 4 aromatic rings. The van der Waals surface area contributed by atoms with Crippen molar-refractivity contribution in [3.05, 3.63) is 88.0 Å². The fourth-order valence-electron chi connectivity index (χ4n) is 8.10. The van der Waals surface area contributed by atoms with Gasteiger partial charge >= 0.3 is 6.36 Å². The first kappa shape index (κ1) is 37.0. The van der Waals surface area contributed by atoms with Crippen LogP contribution < -0.4 is 21.1 Å². The van der Waals surface area contributed by atoms with E-state index in [-0.39, 0.29) is 11.7 Å². The zero-order valence-electron chi connectivity index (χ0n) is 29.1. The topological polar surface area (TPSA) is 87.8 Å². The molecule has 0 saturated carbocycles. The van der Waals surface area contributed by atoms with Crippen molar-refractivity contribution in [3.8, 4) is 16.9 Å². The lowest BCUT2D eigenvalue weighted by Gasteiger charge is -2.54. The van der Waals surface area contributed by atoms with Crippen LogP contribution in [0.15, 0.2) is 66.9 Å². The maximum Gasteiger partial charge on any atom is 0.573 e. The minimum absolute atomic E-state index is 0.113. The molecule has 3 aliphatic rings. The molecule has 0 aliphatic carbocycles. The van der Waals surface area contributed by atoms with Gasteiger partial charge in [0.05, 0.1) is 5.54 Å². The molecule has 278 valence electrons. The number of aromatic nitrogens is 1. The molecule has 0 unspecified atom stereocenters. The summed E-state index contributed by atoms with van der Waals surface area (Å²) in [5, 5.41) is 8.74. The number of carbonyl (C=O) groups excluding carboxylic acids is 1. The van der Waals surface area contributed by atoms with Gasteiger partial charge in [0.2, 0.25) is 5.91 Å². The third-order valence-corrected chi connectivity index (χ3v) is 11.7. The first-order valence-corrected chi connectivity index (χ1v) is 18.8. The van der Waals surface area contributed by atoms with Gasteiger partial charge in [-0.25, -0.2) is 0 Å². The summed E-state index contributed by atoms with van der Waals surface area (Å²) >= 11 is 12.8. The van der Waals surface area contributed by atoms with Gasteiger partial charge in [-0.2, -0.15) is 0 Å². The summed E-state index contributed by atoms with van der Waals surface area (Å²) in [4.78, 5) is 17.8. The first-order chi connectivity index (χ1) is 24.9. The van der Waals surface area contributed by atoms with E-state index in [2.05, 4.69) is 54.1 Å². The molecular formula is C39H45Cl2F3N6O2. The number of likely N-dealkylation sites (tertiary alicyclic amines) is 2. The van der Waals surface area contributed by atoms with Crippen LogP contribution >= 0.6 is 23.2 Å². The molecule has 3 fully saturated rings. The lowest BCUT2D eigenvalue weighted by Crippen LogP contribution is -2.59. The van der Waals surface area contributed by atoms with Crippen molar-refractivity contribution < 1.29 is 22.7 Å². The van der Waals surface area contributed by atoms with Crippen molar-refractivity contribution in [2.75, 3.05) is 45.8 Å². The molecule has 1 aromatic heterocycles. The second-order valence-electron chi connectivity index (χ2n) is 14.8. The summed E-state index contributed by atoms with van der Waals surface area (Å²) < 4.78 is 44.8. The fourth-order valence-corrected chi connectivity index (χ4v) is 8.62. The SMILES string of the molecule is NC1(C(=O)NCCCn2cc(-c3ccc(OC(F)(F)F)cc3)c3cc(CN4CCC5(CC4)CN(Cc4c(Cl)cccc4Cl)C5)ccc32)CCNCC1. The Morgan fingerprint density at radius 2 is 1.62 bits per heavy atom. The highest BCUT2D eigenvalue weighted by atomic mass is 35.5. The molecule has 3 aliphatic heterocycles. The Labute approximate surface area is 312 Å². The predicted molar refractivity (Wildman–Crippen MR) is 199 cm³/mol. The van der Waals surface area contributed by atoms with Crippen molar-refractivity contribution >= 4 is 40.0 Å². The summed E-state index contributed by atoms with van der Waals surface area (Å²) in [6.45, 7) is 8.30. The number of ether oxygens (including phenoxy) is 1. The van der Waals surface area contributed by atoms with E-state index in [0.717, 1.165) is 92.8 Å². The second kappa shape index (κ2) is 15.2. The minimum Gasteiger partial charge on any atom is -0.406 e. The van der Waals surface area contributed by atoms with Gasteiger partial charge in [-0.1, -0.05) is 47.5 Å². The molecule has 4 heterocycles. The van der Waals surface area contributed by atoms with Crippen molar-refractivity contribution in [2.45, 2.75) is 63.6 Å². The van der Waals surface area contributed by atoms with E-state index in [1.165, 1.54) is 17.7 Å². The van der Waals surface area contributed by atoms with Crippen molar-refractivity contribution in [1.29, 1.82) is 0 Å². The number of hydrogen-bond acceptors (Lipinski definition) is 6. The molecule has 4 N–H and O–H groups in total. The number of amides is 1. The Bertz CT molecular complexity index is 1860. The Morgan fingerprint density at radius 1 is 0.923 bits per heavy atom. The van der Waals surface area contributed by atoms with Gasteiger partial charge in [0.25, 0.3) is 0 Å². The molecule has 0 atom stereocenters. The van der Waals surface area contributed by atoms with Gasteiger partial charge in [-0.15, -0.1) is 13.2 Å². The third-order valence-electron chi connectivity index (χ3n) is 11.0. The number of halogens is 5.